The molecular weight excluding hydrogens is 338 g/mol. The molecule has 2 aliphatic rings. The highest BCUT2D eigenvalue weighted by atomic mass is 35.5. The summed E-state index contributed by atoms with van der Waals surface area (Å²) in [5.74, 6) is 1.05. The van der Waals surface area contributed by atoms with Crippen molar-refractivity contribution in [2.45, 2.75) is 39.2 Å². The summed E-state index contributed by atoms with van der Waals surface area (Å²) in [6.07, 6.45) is 2.59. The summed E-state index contributed by atoms with van der Waals surface area (Å²) in [5.41, 5.74) is 7.21. The molecule has 3 atom stereocenters. The molecular formula is C19H26ClN3O2. The Morgan fingerprint density at radius 3 is 2.76 bits per heavy atom. The molecule has 3 unspecified atom stereocenters. The van der Waals surface area contributed by atoms with Gasteiger partial charge in [0.15, 0.2) is 0 Å². The first-order valence-electron chi connectivity index (χ1n) is 8.99. The molecule has 0 bridgehead atoms. The molecule has 0 aromatic heterocycles. The van der Waals surface area contributed by atoms with Gasteiger partial charge in [-0.05, 0) is 48.8 Å². The second-order valence-electron chi connectivity index (χ2n) is 7.72. The summed E-state index contributed by atoms with van der Waals surface area (Å²) in [5, 5.41) is 3.26. The van der Waals surface area contributed by atoms with Crippen LogP contribution in [-0.2, 0) is 4.79 Å². The van der Waals surface area contributed by atoms with Crippen LogP contribution in [-0.4, -0.2) is 35.8 Å². The highest BCUT2D eigenvalue weighted by Gasteiger charge is 2.42. The number of hydrogen-bond acceptors (Lipinski definition) is 3. The molecule has 1 aliphatic heterocycles. The second-order valence-corrected chi connectivity index (χ2v) is 8.12. The summed E-state index contributed by atoms with van der Waals surface area (Å²) >= 11 is 6.25. The standard InChI is InChI=1S/C19H26ClN3O2/c1-11(2)7-18(24)22-13-4-5-16(20)14(8-13)19(25)23-9-12-3-6-17(21)15(12)10-23/h4-5,8,11-12,15,17H,3,6-7,9-10,21H2,1-2H3,(H,22,24). The van der Waals surface area contributed by atoms with E-state index in [2.05, 4.69) is 5.32 Å². The number of nitrogens with zero attached hydrogens (tertiary/aromatic N) is 1. The normalized spacial score (nSPS) is 25.3. The maximum absolute atomic E-state index is 12.9. The number of carbonyl (C=O) groups is 2. The van der Waals surface area contributed by atoms with E-state index in [-0.39, 0.29) is 23.8 Å². The number of rotatable bonds is 4. The number of benzene rings is 1. The zero-order valence-corrected chi connectivity index (χ0v) is 15.6. The van der Waals surface area contributed by atoms with Gasteiger partial charge in [0.25, 0.3) is 5.91 Å². The molecule has 2 amide bonds. The largest absolute Gasteiger partial charge is 0.338 e. The van der Waals surface area contributed by atoms with Gasteiger partial charge < -0.3 is 16.0 Å². The van der Waals surface area contributed by atoms with Crippen LogP contribution in [0.15, 0.2) is 18.2 Å². The molecule has 3 N–H and O–H groups in total. The van der Waals surface area contributed by atoms with E-state index in [9.17, 15) is 9.59 Å². The van der Waals surface area contributed by atoms with E-state index in [4.69, 9.17) is 17.3 Å². The topological polar surface area (TPSA) is 75.4 Å². The lowest BCUT2D eigenvalue weighted by atomic mass is 9.98. The molecule has 1 saturated carbocycles. The second kappa shape index (κ2) is 7.34. The van der Waals surface area contributed by atoms with Gasteiger partial charge in [-0.1, -0.05) is 25.4 Å². The van der Waals surface area contributed by atoms with E-state index in [1.54, 1.807) is 18.2 Å². The van der Waals surface area contributed by atoms with Gasteiger partial charge in [0, 0.05) is 31.2 Å². The lowest BCUT2D eigenvalue weighted by Crippen LogP contribution is -2.33. The third-order valence-corrected chi connectivity index (χ3v) is 5.60. The first kappa shape index (κ1) is 18.2. The smallest absolute Gasteiger partial charge is 0.255 e. The molecule has 3 rings (SSSR count). The van der Waals surface area contributed by atoms with Crippen LogP contribution in [0.5, 0.6) is 0 Å². The van der Waals surface area contributed by atoms with Crippen LogP contribution in [0.2, 0.25) is 5.02 Å². The maximum Gasteiger partial charge on any atom is 0.255 e. The summed E-state index contributed by atoms with van der Waals surface area (Å²) < 4.78 is 0. The Labute approximate surface area is 153 Å². The number of fused-ring (bicyclic) bond motifs is 1. The van der Waals surface area contributed by atoms with Crippen LogP contribution in [0.25, 0.3) is 0 Å². The quantitative estimate of drug-likeness (QED) is 0.862. The lowest BCUT2D eigenvalue weighted by molar-refractivity contribution is -0.116. The molecule has 2 fully saturated rings. The third kappa shape index (κ3) is 3.98. The molecule has 136 valence electrons. The van der Waals surface area contributed by atoms with Gasteiger partial charge in [0.05, 0.1) is 10.6 Å². The van der Waals surface area contributed by atoms with E-state index >= 15 is 0 Å². The molecule has 5 nitrogen and oxygen atoms in total. The van der Waals surface area contributed by atoms with Crippen LogP contribution in [0.4, 0.5) is 5.69 Å². The van der Waals surface area contributed by atoms with Gasteiger partial charge in [0.1, 0.15) is 0 Å². The zero-order valence-electron chi connectivity index (χ0n) is 14.8. The van der Waals surface area contributed by atoms with E-state index in [0.717, 1.165) is 19.4 Å². The number of nitrogens with two attached hydrogens (primary N) is 1. The van der Waals surface area contributed by atoms with Gasteiger partial charge in [-0.3, -0.25) is 9.59 Å². The molecule has 1 saturated heterocycles. The van der Waals surface area contributed by atoms with Crippen molar-refractivity contribution < 1.29 is 9.59 Å². The van der Waals surface area contributed by atoms with E-state index < -0.39 is 0 Å². The Hall–Kier alpha value is -1.59. The predicted octanol–water partition coefficient (Wildman–Crippen LogP) is 3.13. The van der Waals surface area contributed by atoms with Crippen molar-refractivity contribution in [1.82, 2.24) is 4.90 Å². The van der Waals surface area contributed by atoms with E-state index in [0.29, 0.717) is 41.1 Å². The lowest BCUT2D eigenvalue weighted by Gasteiger charge is -2.20. The van der Waals surface area contributed by atoms with Gasteiger partial charge in [-0.25, -0.2) is 0 Å². The van der Waals surface area contributed by atoms with Gasteiger partial charge >= 0.3 is 0 Å². The molecule has 0 spiro atoms. The van der Waals surface area contributed by atoms with Crippen molar-refractivity contribution in [1.29, 1.82) is 0 Å². The minimum absolute atomic E-state index is 0.0580. The molecule has 0 radical (unpaired) electrons. The van der Waals surface area contributed by atoms with Gasteiger partial charge in [-0.2, -0.15) is 0 Å². The molecule has 25 heavy (non-hydrogen) atoms. The highest BCUT2D eigenvalue weighted by molar-refractivity contribution is 6.34. The number of carbonyl (C=O) groups excluding carboxylic acids is 2. The Bertz CT molecular complexity index is 677. The van der Waals surface area contributed by atoms with E-state index in [1.165, 1.54) is 0 Å². The molecule has 1 aromatic carbocycles. The molecule has 1 aromatic rings. The number of hydrogen-bond donors (Lipinski definition) is 2. The van der Waals surface area contributed by atoms with Crippen molar-refractivity contribution in [3.63, 3.8) is 0 Å². The van der Waals surface area contributed by atoms with Crippen molar-refractivity contribution in [3.8, 4) is 0 Å². The SMILES string of the molecule is CC(C)CC(=O)Nc1ccc(Cl)c(C(=O)N2CC3CCC(N)C3C2)c1. The number of halogens is 1. The molecule has 1 heterocycles. The van der Waals surface area contributed by atoms with Crippen molar-refractivity contribution in [2.75, 3.05) is 18.4 Å². The number of anilines is 1. The summed E-state index contributed by atoms with van der Waals surface area (Å²) in [6.45, 7) is 5.43. The van der Waals surface area contributed by atoms with Crippen molar-refractivity contribution >= 4 is 29.1 Å². The highest BCUT2D eigenvalue weighted by Crippen LogP contribution is 2.38. The minimum Gasteiger partial charge on any atom is -0.338 e. The van der Waals surface area contributed by atoms with Crippen LogP contribution in [0, 0.1) is 17.8 Å². The molecule has 1 aliphatic carbocycles. The monoisotopic (exact) mass is 363 g/mol. The average Bonchev–Trinajstić information content (AvgIpc) is 3.10. The molecule has 6 heteroatoms. The van der Waals surface area contributed by atoms with Gasteiger partial charge in [0.2, 0.25) is 5.91 Å². The maximum atomic E-state index is 12.9. The summed E-state index contributed by atoms with van der Waals surface area (Å²) in [4.78, 5) is 26.7. The van der Waals surface area contributed by atoms with Crippen molar-refractivity contribution in [3.05, 3.63) is 28.8 Å². The summed E-state index contributed by atoms with van der Waals surface area (Å²) in [7, 11) is 0. The van der Waals surface area contributed by atoms with Gasteiger partial charge in [-0.15, -0.1) is 0 Å². The predicted molar refractivity (Wildman–Crippen MR) is 99.6 cm³/mol. The Morgan fingerprint density at radius 2 is 2.08 bits per heavy atom. The fraction of sp³-hybridized carbons (Fsp3) is 0.579. The third-order valence-electron chi connectivity index (χ3n) is 5.27. The van der Waals surface area contributed by atoms with Crippen LogP contribution >= 0.6 is 11.6 Å². The average molecular weight is 364 g/mol. The summed E-state index contributed by atoms with van der Waals surface area (Å²) in [6, 6.07) is 5.27. The van der Waals surface area contributed by atoms with Crippen LogP contribution in [0.3, 0.4) is 0 Å². The Balaban J connectivity index is 1.72. The number of likely N-dealkylation sites (tertiary alicyclic amines) is 1. The first-order valence-corrected chi connectivity index (χ1v) is 9.37. The van der Waals surface area contributed by atoms with E-state index in [1.807, 2.05) is 18.7 Å². The minimum atomic E-state index is -0.0773. The number of amides is 2. The Kier molecular flexibility index (Phi) is 5.35. The fourth-order valence-corrected chi connectivity index (χ4v) is 4.19. The number of nitrogens with one attached hydrogen (secondary N) is 1. The Morgan fingerprint density at radius 1 is 1.32 bits per heavy atom. The zero-order chi connectivity index (χ0) is 18.1. The fourth-order valence-electron chi connectivity index (χ4n) is 3.99. The van der Waals surface area contributed by atoms with Crippen LogP contribution < -0.4 is 11.1 Å². The first-order chi connectivity index (χ1) is 11.8. The van der Waals surface area contributed by atoms with Crippen LogP contribution in [0.1, 0.15) is 43.5 Å². The van der Waals surface area contributed by atoms with Crippen molar-refractivity contribution in [2.24, 2.45) is 23.5 Å².